The lowest BCUT2D eigenvalue weighted by Crippen LogP contribution is -2.63. The molecule has 172 valence electrons. The molecule has 4 rings (SSSR count). The quantitative estimate of drug-likeness (QED) is 0.445. The standard InChI is InChI=1S/C27H46ClNO/c1-17(2)7-6-8-18(3)20-9-10-21-25-19(16-28)15-23-27(5,14-12-24(30)29-23)22(25)11-13-26(20,21)4/h17-23,25H,6-16H2,1-5H3,(H,29,30)/t18-,19?,20-,21+,22+,23?,25+,26-,27-/m1/s1. The highest BCUT2D eigenvalue weighted by Gasteiger charge is 2.62. The van der Waals surface area contributed by atoms with Gasteiger partial charge in [0.2, 0.25) is 5.91 Å². The van der Waals surface area contributed by atoms with Crippen LogP contribution in [0.25, 0.3) is 0 Å². The summed E-state index contributed by atoms with van der Waals surface area (Å²) in [5.74, 6) is 6.54. The van der Waals surface area contributed by atoms with Gasteiger partial charge in [0.05, 0.1) is 0 Å². The first-order valence-electron chi connectivity index (χ1n) is 13.1. The lowest BCUT2D eigenvalue weighted by Gasteiger charge is -2.62. The van der Waals surface area contributed by atoms with Crippen LogP contribution in [0.1, 0.15) is 98.8 Å². The Bertz CT molecular complexity index is 634. The van der Waals surface area contributed by atoms with E-state index in [1.54, 1.807) is 0 Å². The van der Waals surface area contributed by atoms with Crippen molar-refractivity contribution in [2.75, 3.05) is 5.88 Å². The number of alkyl halides is 1. The Morgan fingerprint density at radius 3 is 2.47 bits per heavy atom. The second-order valence-corrected chi connectivity index (χ2v) is 12.9. The van der Waals surface area contributed by atoms with Crippen molar-refractivity contribution in [2.24, 2.45) is 52.3 Å². The Labute approximate surface area is 190 Å². The average Bonchev–Trinajstić information content (AvgIpc) is 3.05. The van der Waals surface area contributed by atoms with Gasteiger partial charge in [-0.15, -0.1) is 11.6 Å². The Hall–Kier alpha value is -0.240. The molecule has 0 aromatic carbocycles. The maximum absolute atomic E-state index is 12.2. The summed E-state index contributed by atoms with van der Waals surface area (Å²) in [5, 5.41) is 3.39. The first-order chi connectivity index (χ1) is 14.2. The third-order valence-electron chi connectivity index (χ3n) is 10.7. The van der Waals surface area contributed by atoms with E-state index in [0.717, 1.165) is 60.6 Å². The van der Waals surface area contributed by atoms with Crippen molar-refractivity contribution in [3.05, 3.63) is 0 Å². The van der Waals surface area contributed by atoms with Crippen molar-refractivity contribution in [2.45, 2.75) is 105 Å². The highest BCUT2D eigenvalue weighted by Crippen LogP contribution is 2.67. The monoisotopic (exact) mass is 435 g/mol. The van der Waals surface area contributed by atoms with Crippen LogP contribution in [-0.4, -0.2) is 17.8 Å². The zero-order valence-electron chi connectivity index (χ0n) is 20.2. The number of carbonyl (C=O) groups is 1. The van der Waals surface area contributed by atoms with Gasteiger partial charge >= 0.3 is 0 Å². The molecule has 1 amide bonds. The van der Waals surface area contributed by atoms with Gasteiger partial charge in [0.1, 0.15) is 0 Å². The fourth-order valence-electron chi connectivity index (χ4n) is 9.03. The summed E-state index contributed by atoms with van der Waals surface area (Å²) in [7, 11) is 0. The van der Waals surface area contributed by atoms with E-state index >= 15 is 0 Å². The first-order valence-corrected chi connectivity index (χ1v) is 13.6. The first kappa shape index (κ1) is 22.9. The minimum Gasteiger partial charge on any atom is -0.353 e. The van der Waals surface area contributed by atoms with Crippen molar-refractivity contribution in [1.29, 1.82) is 0 Å². The number of rotatable bonds is 6. The third kappa shape index (κ3) is 3.75. The minimum atomic E-state index is 0.265. The van der Waals surface area contributed by atoms with Gasteiger partial charge in [-0.1, -0.05) is 53.9 Å². The van der Waals surface area contributed by atoms with Gasteiger partial charge in [0.15, 0.2) is 0 Å². The van der Waals surface area contributed by atoms with Crippen LogP contribution in [0.4, 0.5) is 0 Å². The summed E-state index contributed by atoms with van der Waals surface area (Å²) in [5.41, 5.74) is 0.785. The summed E-state index contributed by atoms with van der Waals surface area (Å²) >= 11 is 6.63. The average molecular weight is 436 g/mol. The van der Waals surface area contributed by atoms with Crippen LogP contribution in [-0.2, 0) is 4.79 Å². The van der Waals surface area contributed by atoms with Gasteiger partial charge in [0.25, 0.3) is 0 Å². The zero-order valence-corrected chi connectivity index (χ0v) is 20.9. The maximum Gasteiger partial charge on any atom is 0.220 e. The number of hydrogen-bond donors (Lipinski definition) is 1. The van der Waals surface area contributed by atoms with Crippen molar-refractivity contribution < 1.29 is 4.79 Å². The van der Waals surface area contributed by atoms with Crippen LogP contribution in [0.5, 0.6) is 0 Å². The largest absolute Gasteiger partial charge is 0.353 e. The molecule has 2 unspecified atom stereocenters. The lowest BCUT2D eigenvalue weighted by molar-refractivity contribution is -0.144. The maximum atomic E-state index is 12.2. The fraction of sp³-hybridized carbons (Fsp3) is 0.963. The van der Waals surface area contributed by atoms with Crippen LogP contribution in [0.15, 0.2) is 0 Å². The van der Waals surface area contributed by atoms with Crippen LogP contribution in [0, 0.1) is 52.3 Å². The van der Waals surface area contributed by atoms with Crippen LogP contribution in [0.3, 0.4) is 0 Å². The molecule has 3 aliphatic carbocycles. The topological polar surface area (TPSA) is 29.1 Å². The van der Waals surface area contributed by atoms with Gasteiger partial charge in [-0.25, -0.2) is 0 Å². The number of amides is 1. The summed E-state index contributed by atoms with van der Waals surface area (Å²) < 4.78 is 0. The van der Waals surface area contributed by atoms with E-state index in [4.69, 9.17) is 11.6 Å². The molecule has 1 aliphatic heterocycles. The molecular weight excluding hydrogens is 390 g/mol. The number of carbonyl (C=O) groups excluding carboxylic acids is 1. The molecule has 9 atom stereocenters. The highest BCUT2D eigenvalue weighted by molar-refractivity contribution is 6.18. The van der Waals surface area contributed by atoms with Gasteiger partial charge < -0.3 is 5.32 Å². The van der Waals surface area contributed by atoms with E-state index < -0.39 is 0 Å². The molecule has 1 saturated heterocycles. The van der Waals surface area contributed by atoms with Crippen molar-refractivity contribution in [3.8, 4) is 0 Å². The van der Waals surface area contributed by atoms with Crippen molar-refractivity contribution in [3.63, 3.8) is 0 Å². The minimum absolute atomic E-state index is 0.265. The van der Waals surface area contributed by atoms with Crippen LogP contribution in [0.2, 0.25) is 0 Å². The lowest BCUT2D eigenvalue weighted by atomic mass is 9.44. The Balaban J connectivity index is 1.54. The van der Waals surface area contributed by atoms with Crippen LogP contribution >= 0.6 is 11.6 Å². The molecule has 4 aliphatic rings. The van der Waals surface area contributed by atoms with Gasteiger partial charge in [0, 0.05) is 18.3 Å². The second-order valence-electron chi connectivity index (χ2n) is 12.6. The highest BCUT2D eigenvalue weighted by atomic mass is 35.5. The molecule has 1 heterocycles. The molecule has 3 saturated carbocycles. The summed E-state index contributed by atoms with van der Waals surface area (Å²) in [6.45, 7) is 12.4. The molecule has 0 spiro atoms. The molecule has 0 bridgehead atoms. The summed E-state index contributed by atoms with van der Waals surface area (Å²) in [6, 6.07) is 0.347. The molecule has 3 heteroatoms. The fourth-order valence-corrected chi connectivity index (χ4v) is 9.36. The number of halogens is 1. The predicted octanol–water partition coefficient (Wildman–Crippen LogP) is 7.05. The molecule has 0 aromatic heterocycles. The van der Waals surface area contributed by atoms with E-state index in [1.807, 2.05) is 0 Å². The van der Waals surface area contributed by atoms with Gasteiger partial charge in [-0.2, -0.15) is 0 Å². The predicted molar refractivity (Wildman–Crippen MR) is 126 cm³/mol. The SMILES string of the molecule is CC(C)CCC[C@@H](C)[C@H]1CC[C@H]2[C@@H]3C(CCl)CC4NC(=O)CC[C@]4(C)[C@H]3CC[C@]12C. The summed E-state index contributed by atoms with van der Waals surface area (Å²) in [6.07, 6.45) is 12.7. The normalized spacial score (nSPS) is 46.7. The van der Waals surface area contributed by atoms with Gasteiger partial charge in [-0.05, 0) is 90.8 Å². The zero-order chi connectivity index (χ0) is 21.7. The molecule has 4 fully saturated rings. The molecule has 1 N–H and O–H groups in total. The Morgan fingerprint density at radius 2 is 1.77 bits per heavy atom. The third-order valence-corrected chi connectivity index (χ3v) is 11.1. The smallest absolute Gasteiger partial charge is 0.220 e. The van der Waals surface area contributed by atoms with Crippen molar-refractivity contribution >= 4 is 17.5 Å². The molecule has 0 aromatic rings. The van der Waals surface area contributed by atoms with E-state index in [-0.39, 0.29) is 11.3 Å². The molecular formula is C27H46ClNO. The molecule has 0 radical (unpaired) electrons. The Kier molecular flexibility index (Phi) is 6.58. The second kappa shape index (κ2) is 8.60. The summed E-state index contributed by atoms with van der Waals surface area (Å²) in [4.78, 5) is 12.2. The van der Waals surface area contributed by atoms with E-state index in [0.29, 0.717) is 17.4 Å². The van der Waals surface area contributed by atoms with Crippen molar-refractivity contribution in [1.82, 2.24) is 5.32 Å². The van der Waals surface area contributed by atoms with E-state index in [9.17, 15) is 4.79 Å². The number of nitrogens with one attached hydrogen (secondary N) is 1. The molecule has 30 heavy (non-hydrogen) atoms. The van der Waals surface area contributed by atoms with E-state index in [1.165, 1.54) is 44.9 Å². The number of fused-ring (bicyclic) bond motifs is 5. The molecule has 2 nitrogen and oxygen atoms in total. The van der Waals surface area contributed by atoms with Crippen LogP contribution < -0.4 is 5.32 Å². The Morgan fingerprint density at radius 1 is 1.03 bits per heavy atom. The number of hydrogen-bond acceptors (Lipinski definition) is 1. The van der Waals surface area contributed by atoms with E-state index in [2.05, 4.69) is 39.9 Å². The van der Waals surface area contributed by atoms with Gasteiger partial charge in [-0.3, -0.25) is 4.79 Å². The number of piperidine rings is 1.